The monoisotopic (exact) mass is 212 g/mol. The van der Waals surface area contributed by atoms with Gasteiger partial charge < -0.3 is 11.1 Å². The fourth-order valence-electron chi connectivity index (χ4n) is 2.28. The summed E-state index contributed by atoms with van der Waals surface area (Å²) in [5.74, 6) is 0.547. The second kappa shape index (κ2) is 6.11. The van der Waals surface area contributed by atoms with Crippen LogP contribution in [-0.2, 0) is 4.79 Å². The van der Waals surface area contributed by atoms with Gasteiger partial charge in [0.25, 0.3) is 0 Å². The Morgan fingerprint density at radius 1 is 1.33 bits per heavy atom. The van der Waals surface area contributed by atoms with Crippen LogP contribution in [0.1, 0.15) is 46.0 Å². The summed E-state index contributed by atoms with van der Waals surface area (Å²) in [5.41, 5.74) is 5.45. The van der Waals surface area contributed by atoms with Gasteiger partial charge in [-0.3, -0.25) is 4.79 Å². The summed E-state index contributed by atoms with van der Waals surface area (Å²) in [6.07, 6.45) is 5.67. The largest absolute Gasteiger partial charge is 0.369 e. The van der Waals surface area contributed by atoms with Crippen LogP contribution in [0.2, 0.25) is 0 Å². The van der Waals surface area contributed by atoms with E-state index in [1.807, 2.05) is 0 Å². The Kier molecular flexibility index (Phi) is 5.09. The van der Waals surface area contributed by atoms with Gasteiger partial charge in [0, 0.05) is 6.04 Å². The van der Waals surface area contributed by atoms with Crippen molar-refractivity contribution in [2.75, 3.05) is 6.54 Å². The molecule has 3 heteroatoms. The Labute approximate surface area is 92.8 Å². The third kappa shape index (κ3) is 4.20. The minimum absolute atomic E-state index is 0.0475. The quantitative estimate of drug-likeness (QED) is 0.696. The number of nitrogens with two attached hydrogens (primary N) is 1. The van der Waals surface area contributed by atoms with E-state index >= 15 is 0 Å². The summed E-state index contributed by atoms with van der Waals surface area (Å²) in [7, 11) is 0. The van der Waals surface area contributed by atoms with E-state index in [1.165, 1.54) is 12.8 Å². The molecule has 0 aromatic heterocycles. The Balaban J connectivity index is 2.50. The highest BCUT2D eigenvalue weighted by atomic mass is 16.1. The van der Waals surface area contributed by atoms with Crippen LogP contribution in [0.15, 0.2) is 0 Å². The average molecular weight is 212 g/mol. The van der Waals surface area contributed by atoms with E-state index in [2.05, 4.69) is 19.2 Å². The number of amides is 1. The van der Waals surface area contributed by atoms with Crippen molar-refractivity contribution < 1.29 is 4.79 Å². The molecule has 0 aliphatic heterocycles. The standard InChI is InChI=1S/C12H24N2O/c1-9(2)8-14-11-7-5-3-4-6-10(11)12(13)15/h9-11,14H,3-8H2,1-2H3,(H2,13,15). The number of primary amides is 1. The molecule has 0 bridgehead atoms. The van der Waals surface area contributed by atoms with E-state index in [0.717, 1.165) is 25.8 Å². The van der Waals surface area contributed by atoms with Gasteiger partial charge in [-0.2, -0.15) is 0 Å². The second-order valence-corrected chi connectivity index (χ2v) is 5.06. The summed E-state index contributed by atoms with van der Waals surface area (Å²) in [6.45, 7) is 5.35. The van der Waals surface area contributed by atoms with Gasteiger partial charge in [-0.25, -0.2) is 0 Å². The van der Waals surface area contributed by atoms with Crippen molar-refractivity contribution in [3.05, 3.63) is 0 Å². The van der Waals surface area contributed by atoms with Crippen molar-refractivity contribution in [2.45, 2.75) is 52.0 Å². The molecule has 2 atom stereocenters. The van der Waals surface area contributed by atoms with Gasteiger partial charge in [-0.05, 0) is 25.3 Å². The topological polar surface area (TPSA) is 55.1 Å². The van der Waals surface area contributed by atoms with Crippen molar-refractivity contribution in [1.29, 1.82) is 0 Å². The smallest absolute Gasteiger partial charge is 0.222 e. The van der Waals surface area contributed by atoms with Gasteiger partial charge >= 0.3 is 0 Å². The van der Waals surface area contributed by atoms with Crippen molar-refractivity contribution >= 4 is 5.91 Å². The Bertz CT molecular complexity index is 204. The van der Waals surface area contributed by atoms with E-state index in [9.17, 15) is 4.79 Å². The molecule has 1 aliphatic rings. The molecule has 1 fully saturated rings. The van der Waals surface area contributed by atoms with Crippen LogP contribution in [0.3, 0.4) is 0 Å². The molecule has 0 spiro atoms. The van der Waals surface area contributed by atoms with Gasteiger partial charge in [0.05, 0.1) is 5.92 Å². The van der Waals surface area contributed by atoms with Gasteiger partial charge in [-0.1, -0.05) is 33.1 Å². The maximum Gasteiger partial charge on any atom is 0.222 e. The van der Waals surface area contributed by atoms with Crippen LogP contribution in [0, 0.1) is 11.8 Å². The zero-order valence-electron chi connectivity index (χ0n) is 9.96. The molecule has 2 unspecified atom stereocenters. The predicted octanol–water partition coefficient (Wildman–Crippen LogP) is 1.67. The van der Waals surface area contributed by atoms with Crippen LogP contribution in [0.4, 0.5) is 0 Å². The molecule has 1 saturated carbocycles. The highest BCUT2D eigenvalue weighted by Gasteiger charge is 2.27. The third-order valence-electron chi connectivity index (χ3n) is 3.17. The van der Waals surface area contributed by atoms with Crippen molar-refractivity contribution in [1.82, 2.24) is 5.32 Å². The lowest BCUT2D eigenvalue weighted by atomic mass is 9.94. The second-order valence-electron chi connectivity index (χ2n) is 5.06. The molecule has 0 saturated heterocycles. The maximum absolute atomic E-state index is 11.3. The van der Waals surface area contributed by atoms with Gasteiger partial charge in [0.15, 0.2) is 0 Å². The molecule has 0 aromatic carbocycles. The summed E-state index contributed by atoms with van der Waals surface area (Å²) < 4.78 is 0. The maximum atomic E-state index is 11.3. The van der Waals surface area contributed by atoms with E-state index in [4.69, 9.17) is 5.73 Å². The first-order valence-corrected chi connectivity index (χ1v) is 6.14. The lowest BCUT2D eigenvalue weighted by Gasteiger charge is -2.24. The number of nitrogens with one attached hydrogen (secondary N) is 1. The minimum atomic E-state index is -0.127. The van der Waals surface area contributed by atoms with E-state index in [1.54, 1.807) is 0 Å². The highest BCUT2D eigenvalue weighted by Crippen LogP contribution is 2.23. The molecule has 1 aliphatic carbocycles. The SMILES string of the molecule is CC(C)CNC1CCCCCC1C(N)=O. The highest BCUT2D eigenvalue weighted by molar-refractivity contribution is 5.77. The van der Waals surface area contributed by atoms with Crippen LogP contribution in [0.25, 0.3) is 0 Å². The van der Waals surface area contributed by atoms with Crippen molar-refractivity contribution in [3.63, 3.8) is 0 Å². The van der Waals surface area contributed by atoms with Crippen LogP contribution in [-0.4, -0.2) is 18.5 Å². The molecule has 0 heterocycles. The molecule has 1 amide bonds. The average Bonchev–Trinajstić information content (AvgIpc) is 2.39. The Morgan fingerprint density at radius 3 is 2.60 bits per heavy atom. The molecule has 88 valence electrons. The number of carbonyl (C=O) groups excluding carboxylic acids is 1. The number of hydrogen-bond donors (Lipinski definition) is 2. The predicted molar refractivity (Wildman–Crippen MR) is 62.4 cm³/mol. The van der Waals surface area contributed by atoms with Crippen LogP contribution in [0.5, 0.6) is 0 Å². The fraction of sp³-hybridized carbons (Fsp3) is 0.917. The first-order chi connectivity index (χ1) is 7.11. The molecule has 1 rings (SSSR count). The number of hydrogen-bond acceptors (Lipinski definition) is 2. The zero-order valence-corrected chi connectivity index (χ0v) is 9.96. The van der Waals surface area contributed by atoms with Crippen LogP contribution < -0.4 is 11.1 Å². The summed E-state index contributed by atoms with van der Waals surface area (Å²) in [5, 5.41) is 3.49. The molecule has 15 heavy (non-hydrogen) atoms. The van der Waals surface area contributed by atoms with E-state index < -0.39 is 0 Å². The van der Waals surface area contributed by atoms with Crippen molar-refractivity contribution in [2.24, 2.45) is 17.6 Å². The Morgan fingerprint density at radius 2 is 2.00 bits per heavy atom. The number of rotatable bonds is 4. The van der Waals surface area contributed by atoms with Gasteiger partial charge in [0.2, 0.25) is 5.91 Å². The first-order valence-electron chi connectivity index (χ1n) is 6.14. The molecule has 0 radical (unpaired) electrons. The van der Waals surface area contributed by atoms with Gasteiger partial charge in [-0.15, -0.1) is 0 Å². The lowest BCUT2D eigenvalue weighted by molar-refractivity contribution is -0.122. The third-order valence-corrected chi connectivity index (χ3v) is 3.17. The zero-order chi connectivity index (χ0) is 11.3. The summed E-state index contributed by atoms with van der Waals surface area (Å²) >= 11 is 0. The van der Waals surface area contributed by atoms with E-state index in [-0.39, 0.29) is 11.8 Å². The molecule has 3 N–H and O–H groups in total. The molecular formula is C12H24N2O. The fourth-order valence-corrected chi connectivity index (χ4v) is 2.28. The minimum Gasteiger partial charge on any atom is -0.369 e. The van der Waals surface area contributed by atoms with Crippen LogP contribution >= 0.6 is 0 Å². The molecule has 0 aromatic rings. The first kappa shape index (κ1) is 12.5. The normalized spacial score (nSPS) is 27.7. The Hall–Kier alpha value is -0.570. The lowest BCUT2D eigenvalue weighted by Crippen LogP contribution is -2.43. The van der Waals surface area contributed by atoms with Crippen molar-refractivity contribution in [3.8, 4) is 0 Å². The van der Waals surface area contributed by atoms with Gasteiger partial charge in [0.1, 0.15) is 0 Å². The summed E-state index contributed by atoms with van der Waals surface area (Å²) in [4.78, 5) is 11.3. The molecular weight excluding hydrogens is 188 g/mol. The molecule has 3 nitrogen and oxygen atoms in total. The summed E-state index contributed by atoms with van der Waals surface area (Å²) in [6, 6.07) is 0.312. The number of carbonyl (C=O) groups is 1. The van der Waals surface area contributed by atoms with E-state index in [0.29, 0.717) is 12.0 Å².